The summed E-state index contributed by atoms with van der Waals surface area (Å²) in [5.74, 6) is -2.93. The average Bonchev–Trinajstić information content (AvgIpc) is 2.62. The molecule has 1 aliphatic rings. The van der Waals surface area contributed by atoms with E-state index in [0.717, 1.165) is 11.2 Å². The van der Waals surface area contributed by atoms with E-state index in [-0.39, 0.29) is 31.9 Å². The topological polar surface area (TPSA) is 154 Å². The summed E-state index contributed by atoms with van der Waals surface area (Å²) in [6.07, 6.45) is 1.37. The molecule has 5 N–H and O–H groups in total. The fourth-order valence-electron chi connectivity index (χ4n) is 2.92. The second kappa shape index (κ2) is 8.41. The largest absolute Gasteiger partial charge is 0.480 e. The van der Waals surface area contributed by atoms with Gasteiger partial charge in [-0.1, -0.05) is 0 Å². The van der Waals surface area contributed by atoms with Crippen molar-refractivity contribution < 1.29 is 28.9 Å². The first kappa shape index (κ1) is 20.0. The van der Waals surface area contributed by atoms with E-state index in [0.29, 0.717) is 17.7 Å². The summed E-state index contributed by atoms with van der Waals surface area (Å²) in [4.78, 5) is 47.7. The molecule has 1 aliphatic heterocycles. The van der Waals surface area contributed by atoms with Crippen molar-refractivity contribution in [3.05, 3.63) is 29.8 Å². The van der Waals surface area contributed by atoms with Gasteiger partial charge in [-0.25, -0.2) is 10.2 Å². The quantitative estimate of drug-likeness (QED) is 0.114. The van der Waals surface area contributed by atoms with E-state index in [4.69, 9.17) is 16.2 Å². The lowest BCUT2D eigenvalue weighted by molar-refractivity contribution is -0.831. The number of quaternary nitrogens is 1. The van der Waals surface area contributed by atoms with Crippen LogP contribution in [0.25, 0.3) is 0 Å². The van der Waals surface area contributed by atoms with Gasteiger partial charge in [-0.05, 0) is 24.3 Å². The van der Waals surface area contributed by atoms with Crippen molar-refractivity contribution in [3.8, 4) is 0 Å². The smallest absolute Gasteiger partial charge is 0.427 e. The Morgan fingerprint density at radius 3 is 2.56 bits per heavy atom. The zero-order valence-corrected chi connectivity index (χ0v) is 14.7. The highest BCUT2D eigenvalue weighted by molar-refractivity contribution is 6.32. The Morgan fingerprint density at radius 1 is 1.33 bits per heavy atom. The van der Waals surface area contributed by atoms with Crippen LogP contribution in [0.5, 0.6) is 0 Å². The molecule has 1 aromatic rings. The van der Waals surface area contributed by atoms with Gasteiger partial charge in [0.1, 0.15) is 31.8 Å². The molecule has 1 unspecified atom stereocenters. The van der Waals surface area contributed by atoms with E-state index in [9.17, 15) is 19.2 Å². The van der Waals surface area contributed by atoms with Gasteiger partial charge >= 0.3 is 17.8 Å². The average molecular weight is 376 g/mol. The van der Waals surface area contributed by atoms with Gasteiger partial charge in [0.15, 0.2) is 0 Å². The normalized spacial score (nSPS) is 19.6. The maximum Gasteiger partial charge on any atom is 0.427 e. The number of benzene rings is 1. The molecule has 1 saturated heterocycles. The number of anilines is 1. The molecule has 0 aromatic heterocycles. The van der Waals surface area contributed by atoms with Crippen LogP contribution in [0.2, 0.25) is 0 Å². The van der Waals surface area contributed by atoms with Crippen molar-refractivity contribution in [3.63, 3.8) is 0 Å². The number of piperazine rings is 1. The summed E-state index contributed by atoms with van der Waals surface area (Å²) in [7, 11) is 0. The number of amidine groups is 1. The minimum absolute atomic E-state index is 0.0926. The first-order valence-electron chi connectivity index (χ1n) is 8.38. The third-order valence-corrected chi connectivity index (χ3v) is 4.34. The molecule has 2 rings (SSSR count). The number of nitrogens with one attached hydrogen (secondary N) is 2. The van der Waals surface area contributed by atoms with Crippen LogP contribution in [0.4, 0.5) is 5.69 Å². The Bertz CT molecular complexity index is 763. The van der Waals surface area contributed by atoms with Gasteiger partial charge < -0.3 is 20.5 Å². The SMILES string of the molecule is N=C(N)c1ccc(N[N+]2(CCCC=O)CCN(CC(=O)O)C(=O)C2=O)cc1. The number of rotatable bonds is 9. The van der Waals surface area contributed by atoms with Crippen molar-refractivity contribution in [1.29, 1.82) is 5.41 Å². The second-order valence-electron chi connectivity index (χ2n) is 6.25. The number of carbonyl (C=O) groups excluding carboxylic acids is 3. The Morgan fingerprint density at radius 2 is 2.00 bits per heavy atom. The van der Waals surface area contributed by atoms with Crippen molar-refractivity contribution in [2.45, 2.75) is 12.8 Å². The molecule has 1 heterocycles. The van der Waals surface area contributed by atoms with Crippen LogP contribution in [0.15, 0.2) is 24.3 Å². The Hall–Kier alpha value is -3.27. The predicted molar refractivity (Wildman–Crippen MR) is 95.6 cm³/mol. The minimum Gasteiger partial charge on any atom is -0.480 e. The van der Waals surface area contributed by atoms with Crippen LogP contribution in [0.1, 0.15) is 18.4 Å². The molecule has 10 nitrogen and oxygen atoms in total. The molecule has 144 valence electrons. The highest BCUT2D eigenvalue weighted by Gasteiger charge is 2.49. The predicted octanol–water partition coefficient (Wildman–Crippen LogP) is -0.453. The summed E-state index contributed by atoms with van der Waals surface area (Å²) in [6, 6.07) is 6.49. The lowest BCUT2D eigenvalue weighted by atomic mass is 10.2. The monoisotopic (exact) mass is 376 g/mol. The molecule has 0 radical (unpaired) electrons. The van der Waals surface area contributed by atoms with Gasteiger partial charge in [0.05, 0.1) is 12.2 Å². The van der Waals surface area contributed by atoms with E-state index in [1.165, 1.54) is 0 Å². The lowest BCUT2D eigenvalue weighted by Gasteiger charge is -2.40. The van der Waals surface area contributed by atoms with E-state index in [1.807, 2.05) is 0 Å². The number of nitrogens with zero attached hydrogens (tertiary/aromatic N) is 2. The number of nitrogens with two attached hydrogens (primary N) is 1. The van der Waals surface area contributed by atoms with Crippen molar-refractivity contribution >= 4 is 35.6 Å². The standard InChI is InChI=1S/C17H21N5O5/c18-15(19)12-3-5-13(6-4-12)20-22(8-1-2-10-23)9-7-21(11-14(24)25)16(26)17(22)27/h3-6,10H,1-2,7-9,11H2,(H4-,18,19,20,24,25)/p+1. The Labute approximate surface area is 155 Å². The summed E-state index contributed by atoms with van der Waals surface area (Å²) in [5.41, 5.74) is 9.52. The Kier molecular flexibility index (Phi) is 6.24. The number of amides is 2. The number of aliphatic carboxylic acids is 1. The van der Waals surface area contributed by atoms with Gasteiger partial charge in [0.25, 0.3) is 0 Å². The number of hydrogen-bond acceptors (Lipinski definition) is 6. The number of unbranched alkanes of at least 4 members (excludes halogenated alkanes) is 1. The van der Waals surface area contributed by atoms with Gasteiger partial charge in [-0.3, -0.25) is 15.0 Å². The molecule has 2 amide bonds. The zero-order valence-electron chi connectivity index (χ0n) is 14.7. The van der Waals surface area contributed by atoms with Crippen LogP contribution in [0, 0.1) is 5.41 Å². The summed E-state index contributed by atoms with van der Waals surface area (Å²) >= 11 is 0. The first-order chi connectivity index (χ1) is 12.8. The Balaban J connectivity index is 2.25. The molecular formula is C17H22N5O5+. The molecule has 1 atom stereocenters. The molecule has 0 spiro atoms. The maximum atomic E-state index is 12.8. The fourth-order valence-corrected chi connectivity index (χ4v) is 2.92. The number of nitrogen functional groups attached to an aromatic ring is 1. The van der Waals surface area contributed by atoms with Gasteiger partial charge in [0.2, 0.25) is 0 Å². The van der Waals surface area contributed by atoms with Crippen LogP contribution in [0.3, 0.4) is 0 Å². The summed E-state index contributed by atoms with van der Waals surface area (Å²) in [5, 5.41) is 16.3. The number of hydrogen-bond donors (Lipinski definition) is 4. The van der Waals surface area contributed by atoms with Crippen LogP contribution < -0.4 is 11.2 Å². The molecule has 0 saturated carbocycles. The van der Waals surface area contributed by atoms with E-state index in [1.54, 1.807) is 24.3 Å². The van der Waals surface area contributed by atoms with E-state index < -0.39 is 28.9 Å². The highest BCUT2D eigenvalue weighted by Crippen LogP contribution is 2.21. The lowest BCUT2D eigenvalue weighted by Crippen LogP contribution is -2.69. The van der Waals surface area contributed by atoms with Crippen LogP contribution in [-0.4, -0.2) is 70.7 Å². The fraction of sp³-hybridized carbons (Fsp3) is 0.353. The second-order valence-corrected chi connectivity index (χ2v) is 6.25. The maximum absolute atomic E-state index is 12.8. The minimum atomic E-state index is -1.19. The van der Waals surface area contributed by atoms with E-state index >= 15 is 0 Å². The molecule has 0 bridgehead atoms. The number of carboxylic acid groups (broad SMARTS) is 1. The summed E-state index contributed by atoms with van der Waals surface area (Å²) in [6.45, 7) is -0.0629. The first-order valence-corrected chi connectivity index (χ1v) is 8.38. The zero-order chi connectivity index (χ0) is 20.0. The van der Waals surface area contributed by atoms with Gasteiger partial charge in [-0.15, -0.1) is 0 Å². The van der Waals surface area contributed by atoms with Gasteiger partial charge in [-0.2, -0.15) is 4.59 Å². The molecule has 27 heavy (non-hydrogen) atoms. The van der Waals surface area contributed by atoms with Crippen LogP contribution in [-0.2, 0) is 19.2 Å². The van der Waals surface area contributed by atoms with Crippen molar-refractivity contribution in [2.75, 3.05) is 31.6 Å². The third kappa shape index (κ3) is 4.67. The molecule has 0 aliphatic carbocycles. The van der Waals surface area contributed by atoms with E-state index in [2.05, 4.69) is 5.43 Å². The number of carbonyl (C=O) groups is 4. The molecule has 10 heteroatoms. The molecule has 1 aromatic carbocycles. The highest BCUT2D eigenvalue weighted by atomic mass is 16.4. The van der Waals surface area contributed by atoms with Gasteiger partial charge in [0, 0.05) is 18.4 Å². The van der Waals surface area contributed by atoms with Crippen molar-refractivity contribution in [1.82, 2.24) is 4.90 Å². The van der Waals surface area contributed by atoms with Crippen molar-refractivity contribution in [2.24, 2.45) is 5.73 Å². The number of aldehydes is 1. The number of carboxylic acids is 1. The third-order valence-electron chi connectivity index (χ3n) is 4.34. The molecule has 1 fully saturated rings. The van der Waals surface area contributed by atoms with Crippen LogP contribution >= 0.6 is 0 Å². The summed E-state index contributed by atoms with van der Waals surface area (Å²) < 4.78 is -0.401. The molecular weight excluding hydrogens is 354 g/mol.